The molecule has 0 atom stereocenters. The molecular weight excluding hydrogens is 254 g/mol. The van der Waals surface area contributed by atoms with Gasteiger partial charge in [-0.15, -0.1) is 0 Å². The molecule has 0 spiro atoms. The van der Waals surface area contributed by atoms with E-state index in [1.54, 1.807) is 30.1 Å². The van der Waals surface area contributed by atoms with E-state index in [2.05, 4.69) is 11.8 Å². The average molecular weight is 273 g/mol. The first-order valence-electron chi connectivity index (χ1n) is 6.74. The van der Waals surface area contributed by atoms with Crippen molar-refractivity contribution in [1.82, 2.24) is 4.90 Å². The van der Waals surface area contributed by atoms with Crippen LogP contribution in [-0.4, -0.2) is 47.3 Å². The van der Waals surface area contributed by atoms with Crippen LogP contribution in [0.2, 0.25) is 0 Å². The third-order valence-electron chi connectivity index (χ3n) is 3.55. The van der Waals surface area contributed by atoms with Crippen molar-refractivity contribution in [2.24, 2.45) is 5.92 Å². The van der Waals surface area contributed by atoms with Gasteiger partial charge in [-0.3, -0.25) is 4.79 Å². The second-order valence-corrected chi connectivity index (χ2v) is 5.18. The minimum atomic E-state index is -0.224. The lowest BCUT2D eigenvalue weighted by Gasteiger charge is -2.34. The molecule has 106 valence electrons. The molecule has 1 amide bonds. The average Bonchev–Trinajstić information content (AvgIpc) is 2.43. The number of hydrogen-bond donors (Lipinski definition) is 2. The van der Waals surface area contributed by atoms with Gasteiger partial charge in [0.15, 0.2) is 0 Å². The van der Waals surface area contributed by atoms with E-state index in [-0.39, 0.29) is 18.6 Å². The van der Waals surface area contributed by atoms with Crippen molar-refractivity contribution in [2.75, 3.05) is 20.2 Å². The van der Waals surface area contributed by atoms with Gasteiger partial charge in [0.05, 0.1) is 11.7 Å². The molecule has 1 aromatic carbocycles. The third-order valence-corrected chi connectivity index (χ3v) is 3.55. The number of aliphatic hydroxyl groups excluding tert-OH is 2. The minimum absolute atomic E-state index is 0.0748. The van der Waals surface area contributed by atoms with Crippen LogP contribution >= 0.6 is 0 Å². The van der Waals surface area contributed by atoms with Crippen LogP contribution in [0, 0.1) is 17.8 Å². The van der Waals surface area contributed by atoms with Crippen molar-refractivity contribution in [3.8, 4) is 11.8 Å². The van der Waals surface area contributed by atoms with E-state index in [9.17, 15) is 9.90 Å². The summed E-state index contributed by atoms with van der Waals surface area (Å²) in [6.45, 7) is 0.427. The maximum Gasteiger partial charge on any atom is 0.254 e. The van der Waals surface area contributed by atoms with Crippen LogP contribution in [0.1, 0.15) is 28.8 Å². The van der Waals surface area contributed by atoms with E-state index >= 15 is 0 Å². The highest BCUT2D eigenvalue weighted by atomic mass is 16.3. The minimum Gasteiger partial charge on any atom is -0.393 e. The van der Waals surface area contributed by atoms with Crippen molar-refractivity contribution >= 4 is 5.91 Å². The van der Waals surface area contributed by atoms with Crippen LogP contribution in [-0.2, 0) is 0 Å². The molecule has 1 saturated carbocycles. The van der Waals surface area contributed by atoms with Crippen molar-refractivity contribution in [1.29, 1.82) is 0 Å². The van der Waals surface area contributed by atoms with Gasteiger partial charge >= 0.3 is 0 Å². The van der Waals surface area contributed by atoms with Crippen LogP contribution in [0.4, 0.5) is 0 Å². The van der Waals surface area contributed by atoms with E-state index < -0.39 is 0 Å². The molecule has 0 heterocycles. The lowest BCUT2D eigenvalue weighted by atomic mass is 9.82. The maximum atomic E-state index is 12.4. The topological polar surface area (TPSA) is 60.8 Å². The molecule has 0 radical (unpaired) electrons. The van der Waals surface area contributed by atoms with Crippen molar-refractivity contribution in [2.45, 2.75) is 18.9 Å². The zero-order valence-corrected chi connectivity index (χ0v) is 11.5. The van der Waals surface area contributed by atoms with E-state index in [4.69, 9.17) is 5.11 Å². The Morgan fingerprint density at radius 3 is 2.75 bits per heavy atom. The molecule has 1 fully saturated rings. The predicted octanol–water partition coefficient (Wildman–Crippen LogP) is 0.873. The third kappa shape index (κ3) is 3.38. The fraction of sp³-hybridized carbons (Fsp3) is 0.438. The molecule has 0 unspecified atom stereocenters. The number of benzene rings is 1. The van der Waals surface area contributed by atoms with Gasteiger partial charge in [0.2, 0.25) is 0 Å². The van der Waals surface area contributed by atoms with Gasteiger partial charge in [0.25, 0.3) is 5.91 Å². The monoisotopic (exact) mass is 273 g/mol. The first-order chi connectivity index (χ1) is 9.61. The summed E-state index contributed by atoms with van der Waals surface area (Å²) in [5, 5.41) is 18.0. The maximum absolute atomic E-state index is 12.4. The lowest BCUT2D eigenvalue weighted by Crippen LogP contribution is -2.39. The quantitative estimate of drug-likeness (QED) is 0.804. The van der Waals surface area contributed by atoms with E-state index in [0.717, 1.165) is 12.8 Å². The first kappa shape index (κ1) is 14.6. The Balaban J connectivity index is 2.08. The Morgan fingerprint density at radius 1 is 1.40 bits per heavy atom. The smallest absolute Gasteiger partial charge is 0.254 e. The standard InChI is InChI=1S/C16H19NO3/c1-17(11-12-9-14(19)10-12)16(20)15-7-3-2-5-13(15)6-4-8-18/h2-3,5,7,12,14,18-19H,8-11H2,1H3. The number of rotatable bonds is 3. The van der Waals surface area contributed by atoms with Crippen LogP contribution in [0.3, 0.4) is 0 Å². The molecule has 4 heteroatoms. The highest BCUT2D eigenvalue weighted by Crippen LogP contribution is 2.28. The van der Waals surface area contributed by atoms with Gasteiger partial charge in [-0.2, -0.15) is 0 Å². The van der Waals surface area contributed by atoms with Gasteiger partial charge in [-0.05, 0) is 30.9 Å². The van der Waals surface area contributed by atoms with Gasteiger partial charge in [-0.1, -0.05) is 24.0 Å². The number of carbonyl (C=O) groups is 1. The van der Waals surface area contributed by atoms with E-state index in [0.29, 0.717) is 23.6 Å². The molecule has 0 saturated heterocycles. The van der Waals surface area contributed by atoms with Crippen LogP contribution in [0.15, 0.2) is 24.3 Å². The summed E-state index contributed by atoms with van der Waals surface area (Å²) in [6, 6.07) is 7.14. The van der Waals surface area contributed by atoms with E-state index in [1.807, 2.05) is 6.07 Å². The molecule has 2 rings (SSSR count). The zero-order chi connectivity index (χ0) is 14.5. The molecule has 0 bridgehead atoms. The first-order valence-corrected chi connectivity index (χ1v) is 6.74. The molecule has 1 aromatic rings. The normalized spacial score (nSPS) is 20.6. The highest BCUT2D eigenvalue weighted by molar-refractivity contribution is 5.96. The summed E-state index contributed by atoms with van der Waals surface area (Å²) < 4.78 is 0. The van der Waals surface area contributed by atoms with Gasteiger partial charge in [-0.25, -0.2) is 0 Å². The van der Waals surface area contributed by atoms with Crippen molar-refractivity contribution in [3.05, 3.63) is 35.4 Å². The Hall–Kier alpha value is -1.83. The summed E-state index contributed by atoms with van der Waals surface area (Å²) in [5.41, 5.74) is 1.18. The molecule has 1 aliphatic rings. The largest absolute Gasteiger partial charge is 0.393 e. The number of amides is 1. The highest BCUT2D eigenvalue weighted by Gasteiger charge is 2.29. The van der Waals surface area contributed by atoms with Crippen LogP contribution in [0.5, 0.6) is 0 Å². The second-order valence-electron chi connectivity index (χ2n) is 5.18. The SMILES string of the molecule is CN(CC1CC(O)C1)C(=O)c1ccccc1C#CCO. The molecule has 1 aliphatic carbocycles. The summed E-state index contributed by atoms with van der Waals surface area (Å²) in [4.78, 5) is 14.1. The molecule has 0 aliphatic heterocycles. The Bertz CT molecular complexity index is 538. The summed E-state index contributed by atoms with van der Waals surface area (Å²) in [6.07, 6.45) is 1.33. The Labute approximate surface area is 119 Å². The summed E-state index contributed by atoms with van der Waals surface area (Å²) in [7, 11) is 1.77. The fourth-order valence-corrected chi connectivity index (χ4v) is 2.44. The number of hydrogen-bond acceptors (Lipinski definition) is 3. The number of carbonyl (C=O) groups excluding carboxylic acids is 1. The summed E-state index contributed by atoms with van der Waals surface area (Å²) in [5.74, 6) is 5.68. The Kier molecular flexibility index (Phi) is 4.78. The lowest BCUT2D eigenvalue weighted by molar-refractivity contribution is 0.0265. The molecule has 4 nitrogen and oxygen atoms in total. The van der Waals surface area contributed by atoms with Gasteiger partial charge in [0.1, 0.15) is 6.61 Å². The van der Waals surface area contributed by atoms with Crippen LogP contribution in [0.25, 0.3) is 0 Å². The molecule has 2 N–H and O–H groups in total. The van der Waals surface area contributed by atoms with Crippen molar-refractivity contribution < 1.29 is 15.0 Å². The zero-order valence-electron chi connectivity index (χ0n) is 11.5. The van der Waals surface area contributed by atoms with Crippen LogP contribution < -0.4 is 0 Å². The Morgan fingerprint density at radius 2 is 2.10 bits per heavy atom. The predicted molar refractivity (Wildman–Crippen MR) is 76.1 cm³/mol. The second kappa shape index (κ2) is 6.56. The summed E-state index contributed by atoms with van der Waals surface area (Å²) >= 11 is 0. The molecular formula is C16H19NO3. The number of nitrogens with zero attached hydrogens (tertiary/aromatic N) is 1. The molecule has 0 aromatic heterocycles. The molecule has 20 heavy (non-hydrogen) atoms. The van der Waals surface area contributed by atoms with Crippen molar-refractivity contribution in [3.63, 3.8) is 0 Å². The van der Waals surface area contributed by atoms with E-state index in [1.165, 1.54) is 0 Å². The van der Waals surface area contributed by atoms with Gasteiger partial charge < -0.3 is 15.1 Å². The number of aliphatic hydroxyl groups is 2. The van der Waals surface area contributed by atoms with Gasteiger partial charge in [0, 0.05) is 19.2 Å². The fourth-order valence-electron chi connectivity index (χ4n) is 2.44.